The van der Waals surface area contributed by atoms with Crippen LogP contribution in [0.3, 0.4) is 0 Å². The molecule has 0 heterocycles. The molecule has 0 aromatic carbocycles. The van der Waals surface area contributed by atoms with Crippen molar-refractivity contribution in [1.82, 2.24) is 4.72 Å². The Morgan fingerprint density at radius 3 is 2.16 bits per heavy atom. The number of hydrogen-bond donors (Lipinski definition) is 1. The number of nitriles is 1. The molecule has 19 heavy (non-hydrogen) atoms. The van der Waals surface area contributed by atoms with Gasteiger partial charge in [-0.2, -0.15) is 5.26 Å². The van der Waals surface area contributed by atoms with E-state index in [0.717, 1.165) is 12.8 Å². The molecule has 5 heteroatoms. The fourth-order valence-electron chi connectivity index (χ4n) is 2.16. The number of sulfonamides is 1. The predicted molar refractivity (Wildman–Crippen MR) is 79.2 cm³/mol. The smallest absolute Gasteiger partial charge is 0.212 e. The number of hydrogen-bond acceptors (Lipinski definition) is 3. The van der Waals surface area contributed by atoms with Gasteiger partial charge in [-0.1, -0.05) is 58.8 Å². The number of unbranched alkanes of at least 4 members (excludes halogenated alkanes) is 6. The van der Waals surface area contributed by atoms with E-state index in [4.69, 9.17) is 5.26 Å². The molecule has 0 bridgehead atoms. The highest BCUT2D eigenvalue weighted by Crippen LogP contribution is 2.15. The van der Waals surface area contributed by atoms with Crippen LogP contribution in [0, 0.1) is 11.3 Å². The Morgan fingerprint density at radius 1 is 1.05 bits per heavy atom. The third-order valence-corrected chi connectivity index (χ3v) is 5.37. The molecular formula is C14H28N2O2S. The second kappa shape index (κ2) is 11.2. The summed E-state index contributed by atoms with van der Waals surface area (Å²) in [5.41, 5.74) is 0. The summed E-state index contributed by atoms with van der Waals surface area (Å²) in [6.07, 6.45) is 9.65. The lowest BCUT2D eigenvalue weighted by atomic mass is 10.1. The molecule has 0 rings (SSSR count). The van der Waals surface area contributed by atoms with Crippen molar-refractivity contribution in [3.63, 3.8) is 0 Å². The monoisotopic (exact) mass is 288 g/mol. The van der Waals surface area contributed by atoms with E-state index in [1.165, 1.54) is 32.1 Å². The van der Waals surface area contributed by atoms with Crippen molar-refractivity contribution in [2.45, 2.75) is 76.9 Å². The number of nitrogens with zero attached hydrogens (tertiary/aromatic N) is 1. The van der Waals surface area contributed by atoms with E-state index in [9.17, 15) is 8.42 Å². The first-order chi connectivity index (χ1) is 9.08. The van der Waals surface area contributed by atoms with Crippen LogP contribution in [0.4, 0.5) is 0 Å². The highest BCUT2D eigenvalue weighted by Gasteiger charge is 2.22. The van der Waals surface area contributed by atoms with E-state index in [2.05, 4.69) is 11.6 Å². The molecule has 0 aliphatic carbocycles. The maximum Gasteiger partial charge on any atom is 0.215 e. The van der Waals surface area contributed by atoms with Gasteiger partial charge in [-0.3, -0.25) is 0 Å². The largest absolute Gasteiger partial charge is 0.215 e. The second-order valence-electron chi connectivity index (χ2n) is 4.96. The Kier molecular flexibility index (Phi) is 10.9. The molecule has 0 aliphatic heterocycles. The minimum atomic E-state index is -3.31. The fraction of sp³-hybridized carbons (Fsp3) is 0.929. The molecule has 0 saturated carbocycles. The van der Waals surface area contributed by atoms with E-state index in [1.807, 2.05) is 13.0 Å². The maximum absolute atomic E-state index is 11.9. The zero-order valence-electron chi connectivity index (χ0n) is 12.3. The van der Waals surface area contributed by atoms with Crippen molar-refractivity contribution in [3.8, 4) is 6.07 Å². The van der Waals surface area contributed by atoms with Crippen LogP contribution in [-0.4, -0.2) is 20.2 Å². The lowest BCUT2D eigenvalue weighted by molar-refractivity contribution is 0.531. The molecule has 0 aromatic rings. The summed E-state index contributed by atoms with van der Waals surface area (Å²) in [7, 11) is -3.31. The molecule has 0 radical (unpaired) electrons. The fourth-order valence-corrected chi connectivity index (χ4v) is 3.58. The Morgan fingerprint density at radius 2 is 1.63 bits per heavy atom. The number of rotatable bonds is 12. The zero-order valence-corrected chi connectivity index (χ0v) is 13.1. The van der Waals surface area contributed by atoms with Gasteiger partial charge in [0.1, 0.15) is 0 Å². The minimum Gasteiger partial charge on any atom is -0.212 e. The molecule has 0 aromatic heterocycles. The van der Waals surface area contributed by atoms with Gasteiger partial charge in [0.25, 0.3) is 0 Å². The van der Waals surface area contributed by atoms with E-state index in [-0.39, 0.29) is 11.8 Å². The molecule has 112 valence electrons. The minimum absolute atomic E-state index is 0.129. The molecule has 0 amide bonds. The average molecular weight is 288 g/mol. The van der Waals surface area contributed by atoms with Gasteiger partial charge in [-0.25, -0.2) is 13.1 Å². The van der Waals surface area contributed by atoms with Crippen LogP contribution in [-0.2, 0) is 10.0 Å². The normalized spacial score (nSPS) is 13.1. The summed E-state index contributed by atoms with van der Waals surface area (Å²) in [6, 6.07) is 1.81. The van der Waals surface area contributed by atoms with Crippen LogP contribution in [0.2, 0.25) is 0 Å². The topological polar surface area (TPSA) is 70.0 Å². The third-order valence-electron chi connectivity index (χ3n) is 3.38. The van der Waals surface area contributed by atoms with Gasteiger partial charge in [-0.15, -0.1) is 0 Å². The van der Waals surface area contributed by atoms with Crippen molar-refractivity contribution in [3.05, 3.63) is 0 Å². The summed E-state index contributed by atoms with van der Waals surface area (Å²) in [6.45, 7) is 3.96. The van der Waals surface area contributed by atoms with Gasteiger partial charge in [0.2, 0.25) is 10.0 Å². The van der Waals surface area contributed by atoms with Crippen LogP contribution < -0.4 is 4.72 Å². The summed E-state index contributed by atoms with van der Waals surface area (Å²) in [5.74, 6) is 0. The van der Waals surface area contributed by atoms with E-state index < -0.39 is 10.0 Å². The predicted octanol–water partition coefficient (Wildman–Crippen LogP) is 3.35. The quantitative estimate of drug-likeness (QED) is 0.442. The molecule has 1 N–H and O–H groups in total. The van der Waals surface area contributed by atoms with E-state index in [1.54, 1.807) is 0 Å². The van der Waals surface area contributed by atoms with Crippen LogP contribution in [0.5, 0.6) is 0 Å². The molecule has 1 unspecified atom stereocenters. The average Bonchev–Trinajstić information content (AvgIpc) is 2.39. The zero-order chi connectivity index (χ0) is 14.6. The molecular weight excluding hydrogens is 260 g/mol. The number of nitrogens with one attached hydrogen (secondary N) is 1. The summed E-state index contributed by atoms with van der Waals surface area (Å²) in [4.78, 5) is 0. The van der Waals surface area contributed by atoms with Crippen molar-refractivity contribution < 1.29 is 8.42 Å². The first-order valence-corrected chi connectivity index (χ1v) is 8.98. The standard InChI is InChI=1S/C14H28N2O2S/c1-3-5-6-7-8-9-10-11-14(4-2)19(17,18)16-13-12-15/h14,16H,3-11,13H2,1-2H3. The van der Waals surface area contributed by atoms with Crippen LogP contribution in [0.1, 0.15) is 71.6 Å². The third kappa shape index (κ3) is 9.01. The van der Waals surface area contributed by atoms with E-state index in [0.29, 0.717) is 12.8 Å². The van der Waals surface area contributed by atoms with Gasteiger partial charge in [0.15, 0.2) is 0 Å². The van der Waals surface area contributed by atoms with Crippen LogP contribution in [0.25, 0.3) is 0 Å². The Balaban J connectivity index is 3.85. The molecule has 0 spiro atoms. The Bertz CT molecular complexity index is 347. The molecule has 1 atom stereocenters. The van der Waals surface area contributed by atoms with Crippen LogP contribution >= 0.6 is 0 Å². The van der Waals surface area contributed by atoms with Gasteiger partial charge in [0.05, 0.1) is 17.9 Å². The Hall–Kier alpha value is -0.600. The first kappa shape index (κ1) is 18.4. The second-order valence-corrected chi connectivity index (χ2v) is 7.01. The summed E-state index contributed by atoms with van der Waals surface area (Å²) < 4.78 is 26.1. The lowest BCUT2D eigenvalue weighted by Crippen LogP contribution is -2.34. The molecule has 0 saturated heterocycles. The highest BCUT2D eigenvalue weighted by atomic mass is 32.2. The maximum atomic E-state index is 11.9. The van der Waals surface area contributed by atoms with Gasteiger partial charge in [-0.05, 0) is 12.8 Å². The van der Waals surface area contributed by atoms with Crippen molar-refractivity contribution in [2.75, 3.05) is 6.54 Å². The van der Waals surface area contributed by atoms with Crippen molar-refractivity contribution in [2.24, 2.45) is 0 Å². The van der Waals surface area contributed by atoms with Gasteiger partial charge in [0, 0.05) is 0 Å². The lowest BCUT2D eigenvalue weighted by Gasteiger charge is -2.15. The van der Waals surface area contributed by atoms with E-state index >= 15 is 0 Å². The summed E-state index contributed by atoms with van der Waals surface area (Å²) >= 11 is 0. The van der Waals surface area contributed by atoms with Gasteiger partial charge < -0.3 is 0 Å². The van der Waals surface area contributed by atoms with Crippen molar-refractivity contribution in [1.29, 1.82) is 5.26 Å². The van der Waals surface area contributed by atoms with Crippen LogP contribution in [0.15, 0.2) is 0 Å². The molecule has 0 aliphatic rings. The molecule has 4 nitrogen and oxygen atoms in total. The Labute approximate surface area is 118 Å². The van der Waals surface area contributed by atoms with Crippen molar-refractivity contribution >= 4 is 10.0 Å². The molecule has 0 fully saturated rings. The summed E-state index contributed by atoms with van der Waals surface area (Å²) in [5, 5.41) is 8.07. The highest BCUT2D eigenvalue weighted by molar-refractivity contribution is 7.90. The first-order valence-electron chi connectivity index (χ1n) is 7.43. The van der Waals surface area contributed by atoms with Gasteiger partial charge >= 0.3 is 0 Å². The SMILES string of the molecule is CCCCCCCCCC(CC)S(=O)(=O)NCC#N.